The van der Waals surface area contributed by atoms with Crippen LogP contribution in [0.25, 0.3) is 0 Å². The average Bonchev–Trinajstić information content (AvgIpc) is 2.50. The zero-order valence-corrected chi connectivity index (χ0v) is 12.3. The number of aromatic nitrogens is 3. The molecule has 7 nitrogen and oxygen atoms in total. The number of methoxy groups -OCH3 is 1. The Hall–Kier alpha value is -2.41. The molecule has 112 valence electrons. The summed E-state index contributed by atoms with van der Waals surface area (Å²) in [5.74, 6) is 0.558. The molecule has 0 bridgehead atoms. The number of ether oxygens (including phenoxy) is 1. The van der Waals surface area contributed by atoms with Crippen LogP contribution in [-0.4, -0.2) is 21.2 Å². The number of rotatable bonds is 5. The van der Waals surface area contributed by atoms with Crippen LogP contribution in [0.15, 0.2) is 34.0 Å². The second-order valence-corrected chi connectivity index (χ2v) is 4.65. The summed E-state index contributed by atoms with van der Waals surface area (Å²) in [4.78, 5) is 27.6. The number of nitrogens with zero attached hydrogens (tertiary/aromatic N) is 3. The summed E-state index contributed by atoms with van der Waals surface area (Å²) in [6, 6.07) is 5.18. The lowest BCUT2D eigenvalue weighted by Crippen LogP contribution is -2.39. The molecule has 7 heteroatoms. The Bertz CT molecular complexity index is 749. The van der Waals surface area contributed by atoms with Gasteiger partial charge in [-0.15, -0.1) is 0 Å². The molecule has 0 spiro atoms. The fourth-order valence-electron chi connectivity index (χ4n) is 2.02. The van der Waals surface area contributed by atoms with Crippen LogP contribution in [0, 0.1) is 0 Å². The van der Waals surface area contributed by atoms with Crippen LogP contribution in [0.2, 0.25) is 0 Å². The lowest BCUT2D eigenvalue weighted by Gasteiger charge is -2.11. The maximum Gasteiger partial charge on any atom is 0.330 e. The molecule has 0 amide bonds. The first kappa shape index (κ1) is 15.0. The molecule has 0 saturated heterocycles. The van der Waals surface area contributed by atoms with Gasteiger partial charge in [-0.1, -0.05) is 6.07 Å². The Kier molecular flexibility index (Phi) is 4.54. The molecule has 0 aliphatic heterocycles. The van der Waals surface area contributed by atoms with Crippen molar-refractivity contribution in [3.63, 3.8) is 0 Å². The van der Waals surface area contributed by atoms with E-state index in [-0.39, 0.29) is 11.2 Å². The summed E-state index contributed by atoms with van der Waals surface area (Å²) in [7, 11) is 4.67. The second-order valence-electron chi connectivity index (χ2n) is 4.65. The molecular formula is C14H18N4O3. The Morgan fingerprint density at radius 2 is 2.00 bits per heavy atom. The van der Waals surface area contributed by atoms with Crippen LogP contribution < -0.4 is 21.3 Å². The highest BCUT2D eigenvalue weighted by Crippen LogP contribution is 2.12. The van der Waals surface area contributed by atoms with Crippen molar-refractivity contribution >= 4 is 0 Å². The molecule has 2 aromatic heterocycles. The third kappa shape index (κ3) is 3.19. The Morgan fingerprint density at radius 1 is 1.24 bits per heavy atom. The number of nitrogens with one attached hydrogen (secondary N) is 1. The van der Waals surface area contributed by atoms with Crippen molar-refractivity contribution in [2.45, 2.75) is 13.1 Å². The van der Waals surface area contributed by atoms with Crippen molar-refractivity contribution in [3.8, 4) is 5.88 Å². The third-order valence-corrected chi connectivity index (χ3v) is 3.29. The average molecular weight is 290 g/mol. The molecule has 0 aliphatic carbocycles. The van der Waals surface area contributed by atoms with E-state index in [1.807, 2.05) is 12.1 Å². The minimum absolute atomic E-state index is 0.311. The molecule has 2 heterocycles. The van der Waals surface area contributed by atoms with Gasteiger partial charge in [-0.25, -0.2) is 9.78 Å². The van der Waals surface area contributed by atoms with Crippen molar-refractivity contribution < 1.29 is 4.74 Å². The first-order valence-electron chi connectivity index (χ1n) is 6.49. The van der Waals surface area contributed by atoms with E-state index in [1.165, 1.54) is 17.7 Å². The zero-order chi connectivity index (χ0) is 15.4. The van der Waals surface area contributed by atoms with Gasteiger partial charge in [0.05, 0.1) is 7.11 Å². The highest BCUT2D eigenvalue weighted by atomic mass is 16.5. The van der Waals surface area contributed by atoms with Crippen LogP contribution in [0.1, 0.15) is 11.3 Å². The second kappa shape index (κ2) is 6.36. The van der Waals surface area contributed by atoms with Crippen LogP contribution in [-0.2, 0) is 27.2 Å². The molecule has 21 heavy (non-hydrogen) atoms. The first-order valence-corrected chi connectivity index (χ1v) is 6.49. The van der Waals surface area contributed by atoms with E-state index in [0.29, 0.717) is 24.7 Å². The normalized spacial score (nSPS) is 10.6. The Balaban J connectivity index is 2.11. The van der Waals surface area contributed by atoms with E-state index in [1.54, 1.807) is 20.4 Å². The number of pyridine rings is 1. The number of hydrogen-bond acceptors (Lipinski definition) is 5. The van der Waals surface area contributed by atoms with Crippen LogP contribution >= 0.6 is 0 Å². The van der Waals surface area contributed by atoms with Crippen molar-refractivity contribution in [1.29, 1.82) is 0 Å². The standard InChI is InChI=1S/C14H18N4O3/c1-17-11(7-12(19)18(2)14(17)20)9-15-8-10-5-4-6-16-13(10)21-3/h4-7,15H,8-9H2,1-3H3. The molecule has 0 fully saturated rings. The van der Waals surface area contributed by atoms with Crippen molar-refractivity contribution in [3.05, 3.63) is 56.5 Å². The summed E-state index contributed by atoms with van der Waals surface area (Å²) >= 11 is 0. The van der Waals surface area contributed by atoms with Crippen molar-refractivity contribution in [1.82, 2.24) is 19.4 Å². The largest absolute Gasteiger partial charge is 0.481 e. The number of hydrogen-bond donors (Lipinski definition) is 1. The van der Waals surface area contributed by atoms with E-state index in [0.717, 1.165) is 10.1 Å². The summed E-state index contributed by atoms with van der Waals surface area (Å²) in [6.07, 6.45) is 1.66. The molecule has 0 unspecified atom stereocenters. The van der Waals surface area contributed by atoms with Gasteiger partial charge in [0.2, 0.25) is 5.88 Å². The predicted molar refractivity (Wildman–Crippen MR) is 78.3 cm³/mol. The summed E-state index contributed by atoms with van der Waals surface area (Å²) in [6.45, 7) is 0.931. The molecule has 0 aliphatic rings. The molecule has 1 N–H and O–H groups in total. The van der Waals surface area contributed by atoms with Gasteiger partial charge in [-0.05, 0) is 6.07 Å². The minimum Gasteiger partial charge on any atom is -0.481 e. The smallest absolute Gasteiger partial charge is 0.330 e. The first-order chi connectivity index (χ1) is 10.0. The van der Waals surface area contributed by atoms with Gasteiger partial charge in [0.15, 0.2) is 0 Å². The fraction of sp³-hybridized carbons (Fsp3) is 0.357. The van der Waals surface area contributed by atoms with Gasteiger partial charge < -0.3 is 10.1 Å². The molecule has 2 rings (SSSR count). The molecule has 0 aromatic carbocycles. The summed E-state index contributed by atoms with van der Waals surface area (Å²) in [5.41, 5.74) is 0.895. The van der Waals surface area contributed by atoms with E-state index in [9.17, 15) is 9.59 Å². The Labute approximate surface area is 121 Å². The summed E-state index contributed by atoms with van der Waals surface area (Å²) in [5, 5.41) is 3.18. The van der Waals surface area contributed by atoms with Gasteiger partial charge >= 0.3 is 5.69 Å². The summed E-state index contributed by atoms with van der Waals surface area (Å²) < 4.78 is 7.70. The molecule has 0 radical (unpaired) electrons. The van der Waals surface area contributed by atoms with Crippen LogP contribution in [0.5, 0.6) is 5.88 Å². The van der Waals surface area contributed by atoms with E-state index < -0.39 is 0 Å². The van der Waals surface area contributed by atoms with Gasteiger partial charge in [-0.2, -0.15) is 0 Å². The van der Waals surface area contributed by atoms with Crippen LogP contribution in [0.3, 0.4) is 0 Å². The lowest BCUT2D eigenvalue weighted by molar-refractivity contribution is 0.390. The quantitative estimate of drug-likeness (QED) is 0.823. The topological polar surface area (TPSA) is 78.2 Å². The van der Waals surface area contributed by atoms with Gasteiger partial charge in [-0.3, -0.25) is 13.9 Å². The predicted octanol–water partition coefficient (Wildman–Crippen LogP) is -0.223. The highest BCUT2D eigenvalue weighted by Gasteiger charge is 2.07. The third-order valence-electron chi connectivity index (χ3n) is 3.29. The highest BCUT2D eigenvalue weighted by molar-refractivity contribution is 5.25. The fourth-order valence-corrected chi connectivity index (χ4v) is 2.02. The van der Waals surface area contributed by atoms with Gasteiger partial charge in [0.1, 0.15) is 0 Å². The molecule has 2 aromatic rings. The van der Waals surface area contributed by atoms with E-state index >= 15 is 0 Å². The van der Waals surface area contributed by atoms with Gasteiger partial charge in [0.25, 0.3) is 5.56 Å². The maximum atomic E-state index is 11.8. The molecule has 0 saturated carbocycles. The zero-order valence-electron chi connectivity index (χ0n) is 12.3. The van der Waals surface area contributed by atoms with Crippen molar-refractivity contribution in [2.75, 3.05) is 7.11 Å². The van der Waals surface area contributed by atoms with Crippen molar-refractivity contribution in [2.24, 2.45) is 14.1 Å². The van der Waals surface area contributed by atoms with E-state index in [2.05, 4.69) is 10.3 Å². The SMILES string of the molecule is COc1ncccc1CNCc1cc(=O)n(C)c(=O)n1C. The van der Waals surface area contributed by atoms with Crippen LogP contribution in [0.4, 0.5) is 0 Å². The monoisotopic (exact) mass is 290 g/mol. The van der Waals surface area contributed by atoms with Gasteiger partial charge in [0, 0.05) is 50.7 Å². The Morgan fingerprint density at radius 3 is 2.71 bits per heavy atom. The minimum atomic E-state index is -0.335. The molecular weight excluding hydrogens is 272 g/mol. The lowest BCUT2D eigenvalue weighted by atomic mass is 10.2. The molecule has 0 atom stereocenters. The maximum absolute atomic E-state index is 11.8. The van der Waals surface area contributed by atoms with E-state index in [4.69, 9.17) is 4.74 Å².